The van der Waals surface area contributed by atoms with Gasteiger partial charge in [0.05, 0.1) is 17.9 Å². The van der Waals surface area contributed by atoms with Crippen LogP contribution in [0.2, 0.25) is 10.0 Å². The molecule has 3 rings (SSSR count). The number of phenolic OH excluding ortho intramolecular Hbond substituents is 1. The van der Waals surface area contributed by atoms with Crippen LogP contribution in [0.4, 0.5) is 0 Å². The first-order chi connectivity index (χ1) is 15.4. The molecule has 0 radical (unpaired) electrons. The minimum atomic E-state index is -4.10. The van der Waals surface area contributed by atoms with E-state index in [0.29, 0.717) is 12.7 Å². The van der Waals surface area contributed by atoms with Crippen molar-refractivity contribution in [1.82, 2.24) is 9.62 Å². The lowest BCUT2D eigenvalue weighted by molar-refractivity contribution is -0.142. The Bertz CT molecular complexity index is 1170. The number of halogens is 4. The lowest BCUT2D eigenvalue weighted by Gasteiger charge is -2.24. The third-order valence-electron chi connectivity index (χ3n) is 4.72. The summed E-state index contributed by atoms with van der Waals surface area (Å²) in [5, 5.41) is 22.3. The predicted molar refractivity (Wildman–Crippen MR) is 143 cm³/mol. The Kier molecular flexibility index (Phi) is 9.05. The average Bonchev–Trinajstić information content (AvgIpc) is 3.21. The van der Waals surface area contributed by atoms with Crippen LogP contribution < -0.4 is 5.32 Å². The molecule has 0 unspecified atom stereocenters. The number of nitrogens with zero attached hydrogens (tertiary/aromatic N) is 1. The monoisotopic (exact) mass is 756 g/mol. The maximum atomic E-state index is 13.1. The lowest BCUT2D eigenvalue weighted by atomic mass is 10.1. The van der Waals surface area contributed by atoms with E-state index in [4.69, 9.17) is 23.2 Å². The molecule has 178 valence electrons. The zero-order valence-corrected chi connectivity index (χ0v) is 23.9. The van der Waals surface area contributed by atoms with Crippen LogP contribution in [0, 0.1) is 7.14 Å². The number of aromatic hydroxyl groups is 1. The van der Waals surface area contributed by atoms with E-state index >= 15 is 0 Å². The largest absolute Gasteiger partial charge is 0.506 e. The van der Waals surface area contributed by atoms with Crippen molar-refractivity contribution in [3.05, 3.63) is 53.1 Å². The van der Waals surface area contributed by atoms with E-state index in [0.717, 1.165) is 4.31 Å². The van der Waals surface area contributed by atoms with Crippen LogP contribution in [0.1, 0.15) is 5.56 Å². The molecule has 1 aliphatic heterocycles. The highest BCUT2D eigenvalue weighted by atomic mass is 127. The molecule has 1 amide bonds. The Hall–Kier alpha value is -0.520. The maximum absolute atomic E-state index is 13.1. The van der Waals surface area contributed by atoms with E-state index in [1.54, 1.807) is 12.1 Å². The zero-order chi connectivity index (χ0) is 24.5. The van der Waals surface area contributed by atoms with Crippen LogP contribution in [0.25, 0.3) is 0 Å². The SMILES string of the molecule is O=C(O)[C@H](Cc1cc(I)c(O)c(I)c1)NC(=O)[C@@H]1CSCN1S(=O)(=O)c1cc(Cl)cc(Cl)c1. The molecule has 1 heterocycles. The Morgan fingerprint density at radius 3 is 2.27 bits per heavy atom. The first-order valence-electron chi connectivity index (χ1n) is 9.16. The number of aliphatic carboxylic acids is 1. The molecule has 2 atom stereocenters. The molecule has 1 saturated heterocycles. The number of carboxylic acids is 1. The number of thioether (sulfide) groups is 1. The number of sulfonamides is 1. The molecule has 14 heteroatoms. The second-order valence-electron chi connectivity index (χ2n) is 7.02. The maximum Gasteiger partial charge on any atom is 0.326 e. The summed E-state index contributed by atoms with van der Waals surface area (Å²) < 4.78 is 28.4. The molecule has 2 aromatic rings. The topological polar surface area (TPSA) is 124 Å². The predicted octanol–water partition coefficient (Wildman–Crippen LogP) is 3.78. The van der Waals surface area contributed by atoms with Crippen LogP contribution in [-0.4, -0.2) is 58.5 Å². The third kappa shape index (κ3) is 6.38. The highest BCUT2D eigenvalue weighted by molar-refractivity contribution is 14.1. The molecule has 33 heavy (non-hydrogen) atoms. The summed E-state index contributed by atoms with van der Waals surface area (Å²) in [7, 11) is -4.10. The molecule has 0 aliphatic carbocycles. The van der Waals surface area contributed by atoms with E-state index in [9.17, 15) is 28.2 Å². The van der Waals surface area contributed by atoms with Crippen molar-refractivity contribution >= 4 is 102 Å². The molecule has 1 aliphatic rings. The van der Waals surface area contributed by atoms with Gasteiger partial charge in [0, 0.05) is 22.2 Å². The van der Waals surface area contributed by atoms with Crippen molar-refractivity contribution < 1.29 is 28.2 Å². The molecule has 0 saturated carbocycles. The van der Waals surface area contributed by atoms with Crippen LogP contribution in [0.5, 0.6) is 5.75 Å². The number of carboxylic acid groups (broad SMARTS) is 1. The summed E-state index contributed by atoms with van der Waals surface area (Å²) in [6, 6.07) is 4.76. The van der Waals surface area contributed by atoms with Crippen molar-refractivity contribution in [2.24, 2.45) is 0 Å². The number of phenols is 1. The van der Waals surface area contributed by atoms with Crippen molar-refractivity contribution in [3.63, 3.8) is 0 Å². The van der Waals surface area contributed by atoms with Gasteiger partial charge in [0.25, 0.3) is 0 Å². The van der Waals surface area contributed by atoms with Crippen molar-refractivity contribution in [2.45, 2.75) is 23.4 Å². The van der Waals surface area contributed by atoms with E-state index in [1.165, 1.54) is 30.0 Å². The van der Waals surface area contributed by atoms with E-state index in [2.05, 4.69) is 5.32 Å². The van der Waals surface area contributed by atoms with Crippen molar-refractivity contribution in [3.8, 4) is 5.75 Å². The smallest absolute Gasteiger partial charge is 0.326 e. The zero-order valence-electron chi connectivity index (χ0n) is 16.5. The van der Waals surface area contributed by atoms with E-state index in [1.807, 2.05) is 45.2 Å². The minimum Gasteiger partial charge on any atom is -0.506 e. The average molecular weight is 757 g/mol. The van der Waals surface area contributed by atoms with Gasteiger partial charge in [-0.25, -0.2) is 13.2 Å². The summed E-state index contributed by atoms with van der Waals surface area (Å²) in [4.78, 5) is 24.7. The number of hydrogen-bond acceptors (Lipinski definition) is 6. The second kappa shape index (κ2) is 11.0. The first-order valence-corrected chi connectivity index (χ1v) is 14.7. The fourth-order valence-electron chi connectivity index (χ4n) is 3.12. The summed E-state index contributed by atoms with van der Waals surface area (Å²) >= 11 is 17.0. The van der Waals surface area contributed by atoms with Crippen LogP contribution >= 0.6 is 80.1 Å². The summed E-state index contributed by atoms with van der Waals surface area (Å²) in [6.07, 6.45) is -0.0378. The summed E-state index contributed by atoms with van der Waals surface area (Å²) in [6.45, 7) is 0. The van der Waals surface area contributed by atoms with Crippen molar-refractivity contribution in [2.75, 3.05) is 11.6 Å². The van der Waals surface area contributed by atoms with Gasteiger partial charge in [-0.3, -0.25) is 4.79 Å². The first kappa shape index (κ1) is 27.1. The Balaban J connectivity index is 1.81. The number of benzene rings is 2. The van der Waals surface area contributed by atoms with E-state index < -0.39 is 34.0 Å². The highest BCUT2D eigenvalue weighted by Gasteiger charge is 2.41. The number of nitrogens with one attached hydrogen (secondary N) is 1. The minimum absolute atomic E-state index is 0.0244. The highest BCUT2D eigenvalue weighted by Crippen LogP contribution is 2.32. The molecule has 8 nitrogen and oxygen atoms in total. The summed E-state index contributed by atoms with van der Waals surface area (Å²) in [5.74, 6) is -1.69. The van der Waals surface area contributed by atoms with Gasteiger partial charge in [-0.05, 0) is 81.1 Å². The number of rotatable bonds is 7. The molecule has 3 N–H and O–H groups in total. The Morgan fingerprint density at radius 2 is 1.73 bits per heavy atom. The molecule has 2 aromatic carbocycles. The van der Waals surface area contributed by atoms with Crippen molar-refractivity contribution in [1.29, 1.82) is 0 Å². The van der Waals surface area contributed by atoms with Gasteiger partial charge in [-0.2, -0.15) is 4.31 Å². The molecular weight excluding hydrogens is 741 g/mol. The molecular formula is C19H16Cl2I2N2O6S2. The van der Waals surface area contributed by atoms with Crippen LogP contribution in [0.3, 0.4) is 0 Å². The van der Waals surface area contributed by atoms with Gasteiger partial charge in [0.1, 0.15) is 17.8 Å². The quantitative estimate of drug-likeness (QED) is 0.368. The normalized spacial score (nSPS) is 17.6. The standard InChI is InChI=1S/C19H16Cl2I2N2O6S2/c20-10-4-11(21)6-12(5-10)33(30,31)25-8-32-7-16(25)18(27)24-15(19(28)29)3-9-1-13(22)17(26)14(23)2-9/h1-2,4-6,15-16,26H,3,7-8H2,(H,24,27)(H,28,29)/t15-,16-/m0/s1. The van der Waals surface area contributed by atoms with Gasteiger partial charge in [0.2, 0.25) is 15.9 Å². The molecule has 0 aromatic heterocycles. The molecule has 0 spiro atoms. The van der Waals surface area contributed by atoms with E-state index in [-0.39, 0.29) is 38.7 Å². The second-order valence-corrected chi connectivity index (χ2v) is 13.1. The molecule has 0 bridgehead atoms. The van der Waals surface area contributed by atoms with Gasteiger partial charge >= 0.3 is 5.97 Å². The number of hydrogen-bond donors (Lipinski definition) is 3. The van der Waals surface area contributed by atoms with Gasteiger partial charge in [-0.1, -0.05) is 23.2 Å². The fourth-order valence-corrected chi connectivity index (χ4v) is 8.90. The van der Waals surface area contributed by atoms with Gasteiger partial charge in [-0.15, -0.1) is 11.8 Å². The Labute approximate surface area is 231 Å². The summed E-state index contributed by atoms with van der Waals surface area (Å²) in [5.41, 5.74) is 0.605. The lowest BCUT2D eigenvalue weighted by Crippen LogP contribution is -2.52. The van der Waals surface area contributed by atoms with Gasteiger partial charge < -0.3 is 15.5 Å². The third-order valence-corrected chi connectivity index (χ3v) is 9.81. The molecule has 1 fully saturated rings. The van der Waals surface area contributed by atoms with Crippen LogP contribution in [-0.2, 0) is 26.0 Å². The van der Waals surface area contributed by atoms with Crippen LogP contribution in [0.15, 0.2) is 35.2 Å². The number of carbonyl (C=O) groups is 2. The number of carbonyl (C=O) groups excluding carboxylic acids is 1. The van der Waals surface area contributed by atoms with Gasteiger partial charge in [0.15, 0.2) is 0 Å². The number of amides is 1. The fraction of sp³-hybridized carbons (Fsp3) is 0.263. The Morgan fingerprint density at radius 1 is 1.15 bits per heavy atom.